The first-order valence-corrected chi connectivity index (χ1v) is 5.23. The Morgan fingerprint density at radius 3 is 2.81 bits per heavy atom. The van der Waals surface area contributed by atoms with E-state index in [4.69, 9.17) is 5.73 Å². The van der Waals surface area contributed by atoms with Gasteiger partial charge in [0.15, 0.2) is 0 Å². The molecule has 1 aromatic heterocycles. The van der Waals surface area contributed by atoms with E-state index in [1.807, 2.05) is 37.4 Å². The van der Waals surface area contributed by atoms with Crippen LogP contribution in [0.1, 0.15) is 24.9 Å². The summed E-state index contributed by atoms with van der Waals surface area (Å²) in [4.78, 5) is 3.13. The first-order valence-electron chi connectivity index (χ1n) is 5.23. The maximum Gasteiger partial charge on any atom is 0.0730 e. The van der Waals surface area contributed by atoms with Gasteiger partial charge >= 0.3 is 0 Å². The minimum absolute atomic E-state index is 0. The summed E-state index contributed by atoms with van der Waals surface area (Å²) in [5, 5.41) is 10.8. The molecular weight excluding hydrogens is 224 g/mol. The average molecular weight is 241 g/mol. The number of aromatic nitrogens is 1. The number of fused-ring (bicyclic) bond motifs is 1. The fourth-order valence-electron chi connectivity index (χ4n) is 1.75. The Labute approximate surface area is 101 Å². The molecule has 0 saturated heterocycles. The predicted octanol–water partition coefficient (Wildman–Crippen LogP) is 2.36. The Kier molecular flexibility index (Phi) is 4.35. The molecule has 0 radical (unpaired) electrons. The number of aromatic amines is 1. The molecule has 0 amide bonds. The summed E-state index contributed by atoms with van der Waals surface area (Å²) < 4.78 is 0. The van der Waals surface area contributed by atoms with E-state index in [0.717, 1.165) is 16.5 Å². The maximum absolute atomic E-state index is 9.67. The van der Waals surface area contributed by atoms with Gasteiger partial charge in [-0.2, -0.15) is 0 Å². The normalized spacial score (nSPS) is 14.4. The SMILES string of the molecule is CC[C@H](O)[C@H](N)c1ccc2cc[nH]c2c1.Cl. The summed E-state index contributed by atoms with van der Waals surface area (Å²) in [7, 11) is 0. The van der Waals surface area contributed by atoms with Gasteiger partial charge < -0.3 is 15.8 Å². The lowest BCUT2D eigenvalue weighted by atomic mass is 10.00. The van der Waals surface area contributed by atoms with Crippen LogP contribution in [0.4, 0.5) is 0 Å². The van der Waals surface area contributed by atoms with Crippen LogP contribution in [0.5, 0.6) is 0 Å². The number of halogens is 1. The van der Waals surface area contributed by atoms with E-state index >= 15 is 0 Å². The number of nitrogens with two attached hydrogens (primary N) is 1. The van der Waals surface area contributed by atoms with Crippen LogP contribution in [0.2, 0.25) is 0 Å². The number of aliphatic hydroxyl groups excluding tert-OH is 1. The van der Waals surface area contributed by atoms with Crippen LogP contribution in [0, 0.1) is 0 Å². The molecule has 4 N–H and O–H groups in total. The summed E-state index contributed by atoms with van der Waals surface area (Å²) in [6.07, 6.45) is 2.09. The summed E-state index contributed by atoms with van der Waals surface area (Å²) in [6, 6.07) is 7.70. The van der Waals surface area contributed by atoms with E-state index < -0.39 is 6.10 Å². The molecular formula is C12H17ClN2O. The fraction of sp³-hybridized carbons (Fsp3) is 0.333. The van der Waals surface area contributed by atoms with Gasteiger partial charge in [-0.05, 0) is 29.5 Å². The van der Waals surface area contributed by atoms with E-state index in [1.165, 1.54) is 0 Å². The number of rotatable bonds is 3. The molecule has 0 unspecified atom stereocenters. The van der Waals surface area contributed by atoms with Crippen molar-refractivity contribution in [2.24, 2.45) is 5.73 Å². The largest absolute Gasteiger partial charge is 0.391 e. The van der Waals surface area contributed by atoms with Gasteiger partial charge in [-0.1, -0.05) is 19.1 Å². The first-order chi connectivity index (χ1) is 7.22. The second-order valence-corrected chi connectivity index (χ2v) is 3.83. The molecule has 0 spiro atoms. The van der Waals surface area contributed by atoms with Crippen molar-refractivity contribution in [2.45, 2.75) is 25.5 Å². The Morgan fingerprint density at radius 2 is 2.12 bits per heavy atom. The number of H-pyrrole nitrogens is 1. The van der Waals surface area contributed by atoms with Crippen LogP contribution in [0.15, 0.2) is 30.5 Å². The highest BCUT2D eigenvalue weighted by atomic mass is 35.5. The number of hydrogen-bond donors (Lipinski definition) is 3. The lowest BCUT2D eigenvalue weighted by Gasteiger charge is -2.17. The summed E-state index contributed by atoms with van der Waals surface area (Å²) in [5.74, 6) is 0. The van der Waals surface area contributed by atoms with E-state index in [1.54, 1.807) is 0 Å². The van der Waals surface area contributed by atoms with Gasteiger partial charge in [0, 0.05) is 11.7 Å². The number of benzene rings is 1. The van der Waals surface area contributed by atoms with Crippen molar-refractivity contribution in [1.29, 1.82) is 0 Å². The summed E-state index contributed by atoms with van der Waals surface area (Å²) in [5.41, 5.74) is 7.98. The molecule has 2 rings (SSSR count). The van der Waals surface area contributed by atoms with Gasteiger partial charge in [-0.15, -0.1) is 12.4 Å². The molecule has 0 aliphatic heterocycles. The standard InChI is InChI=1S/C12H16N2O.ClH/c1-2-11(15)12(13)9-4-3-8-5-6-14-10(8)7-9;/h3-7,11-12,14-15H,2,13H2,1H3;1H/t11-,12+;/m0./s1. The topological polar surface area (TPSA) is 62.0 Å². The molecule has 0 aliphatic rings. The van der Waals surface area contributed by atoms with Crippen LogP contribution >= 0.6 is 12.4 Å². The van der Waals surface area contributed by atoms with E-state index in [2.05, 4.69) is 4.98 Å². The minimum atomic E-state index is -0.475. The third kappa shape index (κ3) is 2.38. The second kappa shape index (κ2) is 5.34. The zero-order valence-electron chi connectivity index (χ0n) is 9.18. The lowest BCUT2D eigenvalue weighted by Crippen LogP contribution is -2.25. The second-order valence-electron chi connectivity index (χ2n) is 3.83. The van der Waals surface area contributed by atoms with Crippen molar-refractivity contribution in [3.05, 3.63) is 36.0 Å². The molecule has 4 heteroatoms. The molecule has 88 valence electrons. The molecule has 1 aromatic carbocycles. The molecule has 2 atom stereocenters. The van der Waals surface area contributed by atoms with Gasteiger partial charge in [-0.3, -0.25) is 0 Å². The van der Waals surface area contributed by atoms with Gasteiger partial charge in [0.25, 0.3) is 0 Å². The van der Waals surface area contributed by atoms with Crippen LogP contribution in [-0.2, 0) is 0 Å². The Bertz CT molecular complexity index is 455. The van der Waals surface area contributed by atoms with Crippen LogP contribution in [0.3, 0.4) is 0 Å². The van der Waals surface area contributed by atoms with Crippen molar-refractivity contribution in [3.8, 4) is 0 Å². The highest BCUT2D eigenvalue weighted by Gasteiger charge is 2.14. The van der Waals surface area contributed by atoms with E-state index in [-0.39, 0.29) is 18.4 Å². The smallest absolute Gasteiger partial charge is 0.0730 e. The molecule has 0 bridgehead atoms. The Morgan fingerprint density at radius 1 is 1.38 bits per heavy atom. The minimum Gasteiger partial charge on any atom is -0.391 e. The number of hydrogen-bond acceptors (Lipinski definition) is 2. The van der Waals surface area contributed by atoms with E-state index in [0.29, 0.717) is 6.42 Å². The van der Waals surface area contributed by atoms with Gasteiger partial charge in [0.2, 0.25) is 0 Å². The molecule has 3 nitrogen and oxygen atoms in total. The van der Waals surface area contributed by atoms with Crippen LogP contribution in [-0.4, -0.2) is 16.2 Å². The molecule has 0 aliphatic carbocycles. The molecule has 2 aromatic rings. The van der Waals surface area contributed by atoms with Crippen LogP contribution < -0.4 is 5.73 Å². The Balaban J connectivity index is 0.00000128. The number of nitrogens with one attached hydrogen (secondary N) is 1. The zero-order chi connectivity index (χ0) is 10.8. The third-order valence-corrected chi connectivity index (χ3v) is 2.80. The van der Waals surface area contributed by atoms with Crippen molar-refractivity contribution >= 4 is 23.3 Å². The van der Waals surface area contributed by atoms with Crippen molar-refractivity contribution in [3.63, 3.8) is 0 Å². The van der Waals surface area contributed by atoms with Crippen molar-refractivity contribution in [2.75, 3.05) is 0 Å². The predicted molar refractivity (Wildman–Crippen MR) is 68.8 cm³/mol. The quantitative estimate of drug-likeness (QED) is 0.771. The average Bonchev–Trinajstić information content (AvgIpc) is 2.73. The molecule has 1 heterocycles. The maximum atomic E-state index is 9.67. The Hall–Kier alpha value is -1.03. The third-order valence-electron chi connectivity index (χ3n) is 2.80. The lowest BCUT2D eigenvalue weighted by molar-refractivity contribution is 0.141. The van der Waals surface area contributed by atoms with Crippen LogP contribution in [0.25, 0.3) is 10.9 Å². The summed E-state index contributed by atoms with van der Waals surface area (Å²) >= 11 is 0. The highest BCUT2D eigenvalue weighted by Crippen LogP contribution is 2.21. The monoisotopic (exact) mass is 240 g/mol. The van der Waals surface area contributed by atoms with Gasteiger partial charge in [0.05, 0.1) is 12.1 Å². The van der Waals surface area contributed by atoms with Crippen molar-refractivity contribution < 1.29 is 5.11 Å². The van der Waals surface area contributed by atoms with Gasteiger partial charge in [0.1, 0.15) is 0 Å². The zero-order valence-corrected chi connectivity index (χ0v) is 10.00. The molecule has 16 heavy (non-hydrogen) atoms. The number of aliphatic hydroxyl groups is 1. The fourth-order valence-corrected chi connectivity index (χ4v) is 1.75. The summed E-state index contributed by atoms with van der Waals surface area (Å²) in [6.45, 7) is 1.93. The van der Waals surface area contributed by atoms with Crippen molar-refractivity contribution in [1.82, 2.24) is 4.98 Å². The van der Waals surface area contributed by atoms with Gasteiger partial charge in [-0.25, -0.2) is 0 Å². The highest BCUT2D eigenvalue weighted by molar-refractivity contribution is 5.85. The molecule has 0 saturated carbocycles. The van der Waals surface area contributed by atoms with E-state index in [9.17, 15) is 5.11 Å². The molecule has 0 fully saturated rings. The first kappa shape index (κ1) is 13.0.